The zero-order chi connectivity index (χ0) is 14.9. The Morgan fingerprint density at radius 2 is 1.77 bits per heavy atom. The van der Waals surface area contributed by atoms with Crippen molar-refractivity contribution in [1.29, 1.82) is 0 Å². The molecule has 1 unspecified atom stereocenters. The van der Waals surface area contributed by atoms with E-state index in [1.165, 1.54) is 44.1 Å². The van der Waals surface area contributed by atoms with Crippen LogP contribution in [0.2, 0.25) is 0 Å². The molecule has 0 amide bonds. The van der Waals surface area contributed by atoms with Crippen molar-refractivity contribution in [3.05, 3.63) is 29.5 Å². The van der Waals surface area contributed by atoms with Crippen LogP contribution in [-0.4, -0.2) is 15.3 Å². The minimum absolute atomic E-state index is 0.124. The van der Waals surface area contributed by atoms with Crippen molar-refractivity contribution >= 4 is 10.9 Å². The van der Waals surface area contributed by atoms with Gasteiger partial charge in [-0.2, -0.15) is 5.10 Å². The molecule has 1 aromatic carbocycles. The summed E-state index contributed by atoms with van der Waals surface area (Å²) in [5.41, 5.74) is 3.47. The van der Waals surface area contributed by atoms with Gasteiger partial charge in [-0.05, 0) is 68.8 Å². The molecule has 4 aliphatic carbocycles. The van der Waals surface area contributed by atoms with Crippen molar-refractivity contribution in [3.63, 3.8) is 0 Å². The first-order valence-corrected chi connectivity index (χ1v) is 8.75. The van der Waals surface area contributed by atoms with E-state index in [4.69, 9.17) is 0 Å². The lowest BCUT2D eigenvalue weighted by molar-refractivity contribution is -0.122. The number of fused-ring (bicyclic) bond motifs is 1. The molecule has 22 heavy (non-hydrogen) atoms. The van der Waals surface area contributed by atoms with Crippen LogP contribution in [0.5, 0.6) is 0 Å². The van der Waals surface area contributed by atoms with E-state index in [-0.39, 0.29) is 11.5 Å². The summed E-state index contributed by atoms with van der Waals surface area (Å²) in [5.74, 6) is 2.59. The van der Waals surface area contributed by atoms with E-state index in [1.807, 2.05) is 6.20 Å². The first-order valence-electron chi connectivity index (χ1n) is 8.75. The molecule has 4 bridgehead atoms. The molecule has 1 heterocycles. The number of aryl methyl sites for hydroxylation is 1. The quantitative estimate of drug-likeness (QED) is 0.875. The maximum Gasteiger partial charge on any atom is 0.0869 e. The highest BCUT2D eigenvalue weighted by atomic mass is 16.3. The minimum Gasteiger partial charge on any atom is -0.388 e. The van der Waals surface area contributed by atoms with Crippen molar-refractivity contribution in [2.24, 2.45) is 23.2 Å². The molecule has 4 aliphatic rings. The highest BCUT2D eigenvalue weighted by molar-refractivity contribution is 5.82. The highest BCUT2D eigenvalue weighted by Gasteiger charge is 2.54. The van der Waals surface area contributed by atoms with Gasteiger partial charge < -0.3 is 5.11 Å². The Hall–Kier alpha value is -1.35. The Bertz CT molecular complexity index is 697. The summed E-state index contributed by atoms with van der Waals surface area (Å²) in [5, 5.41) is 19.9. The zero-order valence-corrected chi connectivity index (χ0v) is 13.2. The second kappa shape index (κ2) is 4.35. The standard InChI is InChI=1S/C19H24N2O/c1-11-2-3-15-10-20-21-17(15)16(11)18(22)19-7-12-4-13(8-19)6-14(5-12)9-19/h2-3,10,12-14,18,22H,4-9H2,1H3,(H,20,21). The number of nitrogens with zero attached hydrogens (tertiary/aromatic N) is 1. The van der Waals surface area contributed by atoms with Gasteiger partial charge in [0.05, 0.1) is 17.8 Å². The molecule has 4 fully saturated rings. The van der Waals surface area contributed by atoms with Crippen LogP contribution in [0.4, 0.5) is 0 Å². The fourth-order valence-electron chi connectivity index (χ4n) is 6.31. The van der Waals surface area contributed by atoms with Gasteiger partial charge in [-0.1, -0.05) is 12.1 Å². The van der Waals surface area contributed by atoms with Gasteiger partial charge in [0, 0.05) is 16.4 Å². The van der Waals surface area contributed by atoms with Crippen molar-refractivity contribution in [1.82, 2.24) is 10.2 Å². The summed E-state index contributed by atoms with van der Waals surface area (Å²) in [6, 6.07) is 4.24. The number of nitrogens with one attached hydrogen (secondary N) is 1. The number of aliphatic hydroxyl groups is 1. The molecule has 1 aromatic heterocycles. The largest absolute Gasteiger partial charge is 0.388 e. The fourth-order valence-corrected chi connectivity index (χ4v) is 6.31. The molecular formula is C19H24N2O. The number of aliphatic hydroxyl groups excluding tert-OH is 1. The van der Waals surface area contributed by atoms with Crippen LogP contribution in [-0.2, 0) is 0 Å². The van der Waals surface area contributed by atoms with Crippen LogP contribution in [0.25, 0.3) is 10.9 Å². The Morgan fingerprint density at radius 1 is 1.14 bits per heavy atom. The lowest BCUT2D eigenvalue weighted by atomic mass is 9.47. The average Bonchev–Trinajstić information content (AvgIpc) is 2.93. The number of hydrogen-bond donors (Lipinski definition) is 2. The predicted octanol–water partition coefficient (Wildman–Crippen LogP) is 4.12. The first-order chi connectivity index (χ1) is 10.6. The minimum atomic E-state index is -0.343. The molecule has 6 rings (SSSR count). The third-order valence-electron chi connectivity index (χ3n) is 6.81. The summed E-state index contributed by atoms with van der Waals surface area (Å²) >= 11 is 0. The first kappa shape index (κ1) is 13.1. The van der Waals surface area contributed by atoms with Gasteiger partial charge in [-0.25, -0.2) is 0 Å². The van der Waals surface area contributed by atoms with E-state index in [2.05, 4.69) is 29.3 Å². The number of aromatic nitrogens is 2. The number of aromatic amines is 1. The van der Waals surface area contributed by atoms with Gasteiger partial charge in [0.15, 0.2) is 0 Å². The molecule has 4 saturated carbocycles. The molecular weight excluding hydrogens is 272 g/mol. The Kier molecular flexibility index (Phi) is 2.59. The van der Waals surface area contributed by atoms with Crippen molar-refractivity contribution in [2.75, 3.05) is 0 Å². The molecule has 3 heteroatoms. The molecule has 0 radical (unpaired) electrons. The molecule has 116 valence electrons. The van der Waals surface area contributed by atoms with Gasteiger partial charge in [0.25, 0.3) is 0 Å². The van der Waals surface area contributed by atoms with Gasteiger partial charge in [-0.3, -0.25) is 5.10 Å². The maximum atomic E-state index is 11.4. The smallest absolute Gasteiger partial charge is 0.0869 e. The number of H-pyrrole nitrogens is 1. The molecule has 2 N–H and O–H groups in total. The van der Waals surface area contributed by atoms with Crippen LogP contribution in [0.3, 0.4) is 0 Å². The van der Waals surface area contributed by atoms with Gasteiger partial charge in [0.1, 0.15) is 0 Å². The summed E-state index contributed by atoms with van der Waals surface area (Å²) < 4.78 is 0. The molecule has 2 aromatic rings. The van der Waals surface area contributed by atoms with E-state index in [0.29, 0.717) is 0 Å². The van der Waals surface area contributed by atoms with Crippen LogP contribution in [0.15, 0.2) is 18.3 Å². The second-order valence-corrected chi connectivity index (χ2v) is 8.31. The van der Waals surface area contributed by atoms with Gasteiger partial charge in [-0.15, -0.1) is 0 Å². The summed E-state index contributed by atoms with van der Waals surface area (Å²) in [6.07, 6.45) is 9.45. The monoisotopic (exact) mass is 296 g/mol. The fraction of sp³-hybridized carbons (Fsp3) is 0.632. The summed E-state index contributed by atoms with van der Waals surface area (Å²) in [6.45, 7) is 2.12. The van der Waals surface area contributed by atoms with Crippen LogP contribution >= 0.6 is 0 Å². The number of hydrogen-bond acceptors (Lipinski definition) is 2. The molecule has 0 saturated heterocycles. The SMILES string of the molecule is Cc1ccc2cn[nH]c2c1C(O)C12CC3CC(CC(C3)C1)C2. The van der Waals surface area contributed by atoms with E-state index < -0.39 is 0 Å². The topological polar surface area (TPSA) is 48.9 Å². The third kappa shape index (κ3) is 1.69. The Labute approximate surface area is 131 Å². The molecule has 0 spiro atoms. The maximum absolute atomic E-state index is 11.4. The number of rotatable bonds is 2. The normalized spacial score (nSPS) is 37.8. The van der Waals surface area contributed by atoms with E-state index in [9.17, 15) is 5.11 Å². The molecule has 1 atom stereocenters. The van der Waals surface area contributed by atoms with Crippen LogP contribution < -0.4 is 0 Å². The van der Waals surface area contributed by atoms with Crippen molar-refractivity contribution in [3.8, 4) is 0 Å². The average molecular weight is 296 g/mol. The van der Waals surface area contributed by atoms with Crippen molar-refractivity contribution < 1.29 is 5.11 Å². The Balaban J connectivity index is 1.62. The second-order valence-electron chi connectivity index (χ2n) is 8.31. The molecule has 0 aliphatic heterocycles. The lowest BCUT2D eigenvalue weighted by Gasteiger charge is -2.58. The van der Waals surface area contributed by atoms with E-state index in [0.717, 1.165) is 34.2 Å². The van der Waals surface area contributed by atoms with Crippen molar-refractivity contribution in [2.45, 2.75) is 51.6 Å². The zero-order valence-electron chi connectivity index (χ0n) is 13.2. The third-order valence-corrected chi connectivity index (χ3v) is 6.81. The van der Waals surface area contributed by atoms with Gasteiger partial charge >= 0.3 is 0 Å². The predicted molar refractivity (Wildman–Crippen MR) is 86.4 cm³/mol. The van der Waals surface area contributed by atoms with E-state index >= 15 is 0 Å². The lowest BCUT2D eigenvalue weighted by Crippen LogP contribution is -2.49. The number of benzene rings is 1. The van der Waals surface area contributed by atoms with Gasteiger partial charge in [0.2, 0.25) is 0 Å². The van der Waals surface area contributed by atoms with Crippen LogP contribution in [0.1, 0.15) is 55.8 Å². The summed E-state index contributed by atoms with van der Waals surface area (Å²) in [4.78, 5) is 0. The van der Waals surface area contributed by atoms with Crippen LogP contribution in [0, 0.1) is 30.1 Å². The Morgan fingerprint density at radius 3 is 2.41 bits per heavy atom. The van der Waals surface area contributed by atoms with E-state index in [1.54, 1.807) is 0 Å². The summed E-state index contributed by atoms with van der Waals surface area (Å²) in [7, 11) is 0. The highest BCUT2D eigenvalue weighted by Crippen LogP contribution is 2.64. The molecule has 3 nitrogen and oxygen atoms in total.